The zero-order valence-corrected chi connectivity index (χ0v) is 14.7. The monoisotopic (exact) mass is 355 g/mol. The van der Waals surface area contributed by atoms with Crippen LogP contribution in [-0.4, -0.2) is 11.8 Å². The largest absolute Gasteiger partial charge is 0.320 e. The van der Waals surface area contributed by atoms with E-state index in [-0.39, 0.29) is 18.2 Å². The van der Waals surface area contributed by atoms with E-state index in [1.807, 2.05) is 38.1 Å². The summed E-state index contributed by atoms with van der Waals surface area (Å²) in [6, 6.07) is 12.8. The van der Waals surface area contributed by atoms with Crippen LogP contribution in [-0.2, 0) is 9.59 Å². The van der Waals surface area contributed by atoms with Gasteiger partial charge in [-0.15, -0.1) is 0 Å². The highest BCUT2D eigenvalue weighted by Crippen LogP contribution is 2.24. The molecule has 1 aliphatic rings. The fraction of sp³-hybridized carbons (Fsp3) is 0.158. The van der Waals surface area contributed by atoms with Crippen molar-refractivity contribution in [3.8, 4) is 0 Å². The van der Waals surface area contributed by atoms with Gasteiger partial charge in [-0.25, -0.2) is 5.01 Å². The van der Waals surface area contributed by atoms with Crippen molar-refractivity contribution in [2.45, 2.75) is 20.3 Å². The highest BCUT2D eigenvalue weighted by Gasteiger charge is 2.24. The minimum Gasteiger partial charge on any atom is -0.320 e. The predicted octanol–water partition coefficient (Wildman–Crippen LogP) is 3.72. The van der Waals surface area contributed by atoms with Gasteiger partial charge in [0, 0.05) is 17.1 Å². The Morgan fingerprint density at radius 1 is 1.20 bits per heavy atom. The van der Waals surface area contributed by atoms with Gasteiger partial charge in [0.25, 0.3) is 5.91 Å². The molecule has 1 aliphatic heterocycles. The van der Waals surface area contributed by atoms with Crippen LogP contribution in [0.3, 0.4) is 0 Å². The molecule has 128 valence electrons. The summed E-state index contributed by atoms with van der Waals surface area (Å²) in [4.78, 5) is 24.8. The molecule has 3 rings (SSSR count). The number of hydrazine groups is 1. The lowest BCUT2D eigenvalue weighted by atomic mass is 10.1. The second-order valence-electron chi connectivity index (χ2n) is 5.87. The van der Waals surface area contributed by atoms with Crippen LogP contribution in [0.5, 0.6) is 0 Å². The van der Waals surface area contributed by atoms with Crippen molar-refractivity contribution in [1.29, 1.82) is 0 Å². The molecule has 2 amide bonds. The van der Waals surface area contributed by atoms with Crippen LogP contribution >= 0.6 is 11.6 Å². The van der Waals surface area contributed by atoms with Crippen molar-refractivity contribution in [3.63, 3.8) is 0 Å². The first-order valence-electron chi connectivity index (χ1n) is 7.88. The standard InChI is InChI=1S/C19H18ClN3O2/c1-12-5-3-6-14(11-12)23-18(24)10-9-17(22-23)19(25)21-16-8-4-7-15(20)13(16)2/h3-9,11,22H,10H2,1-2H3,(H,21,25). The molecule has 0 saturated heterocycles. The van der Waals surface area contributed by atoms with Gasteiger partial charge in [-0.3, -0.25) is 15.0 Å². The SMILES string of the molecule is Cc1cccc(N2NC(C(=O)Nc3cccc(Cl)c3C)=CCC2=O)c1. The molecule has 0 atom stereocenters. The van der Waals surface area contributed by atoms with E-state index in [0.29, 0.717) is 22.1 Å². The van der Waals surface area contributed by atoms with Crippen LogP contribution in [0.15, 0.2) is 54.2 Å². The summed E-state index contributed by atoms with van der Waals surface area (Å²) < 4.78 is 0. The van der Waals surface area contributed by atoms with E-state index in [1.165, 1.54) is 5.01 Å². The summed E-state index contributed by atoms with van der Waals surface area (Å²) in [6.07, 6.45) is 1.74. The summed E-state index contributed by atoms with van der Waals surface area (Å²) >= 11 is 6.09. The summed E-state index contributed by atoms with van der Waals surface area (Å²) in [7, 11) is 0. The van der Waals surface area contributed by atoms with Crippen LogP contribution in [0, 0.1) is 13.8 Å². The zero-order chi connectivity index (χ0) is 18.0. The topological polar surface area (TPSA) is 61.4 Å². The lowest BCUT2D eigenvalue weighted by Gasteiger charge is -2.28. The van der Waals surface area contributed by atoms with Crippen LogP contribution in [0.4, 0.5) is 11.4 Å². The fourth-order valence-corrected chi connectivity index (χ4v) is 2.74. The van der Waals surface area contributed by atoms with Gasteiger partial charge in [-0.05, 0) is 55.3 Å². The third-order valence-corrected chi connectivity index (χ3v) is 4.39. The summed E-state index contributed by atoms with van der Waals surface area (Å²) in [5.74, 6) is -0.448. The van der Waals surface area contributed by atoms with E-state index in [1.54, 1.807) is 24.3 Å². The molecule has 0 bridgehead atoms. The number of hydrogen-bond donors (Lipinski definition) is 2. The van der Waals surface area contributed by atoms with Crippen molar-refractivity contribution in [2.75, 3.05) is 10.3 Å². The molecule has 0 unspecified atom stereocenters. The maximum absolute atomic E-state index is 12.6. The Morgan fingerprint density at radius 3 is 2.72 bits per heavy atom. The molecular weight excluding hydrogens is 338 g/mol. The molecule has 0 aromatic heterocycles. The molecule has 0 aliphatic carbocycles. The van der Waals surface area contributed by atoms with E-state index in [0.717, 1.165) is 11.1 Å². The fourth-order valence-electron chi connectivity index (χ4n) is 2.56. The van der Waals surface area contributed by atoms with E-state index >= 15 is 0 Å². The smallest absolute Gasteiger partial charge is 0.273 e. The molecule has 2 aromatic rings. The lowest BCUT2D eigenvalue weighted by Crippen LogP contribution is -2.47. The maximum atomic E-state index is 12.6. The predicted molar refractivity (Wildman–Crippen MR) is 99.3 cm³/mol. The lowest BCUT2D eigenvalue weighted by molar-refractivity contribution is -0.119. The number of amides is 2. The molecule has 0 spiro atoms. The third kappa shape index (κ3) is 3.67. The Balaban J connectivity index is 1.79. The molecular formula is C19H18ClN3O2. The van der Waals surface area contributed by atoms with Crippen molar-refractivity contribution in [2.24, 2.45) is 0 Å². The Hall–Kier alpha value is -2.79. The first kappa shape index (κ1) is 17.0. The van der Waals surface area contributed by atoms with E-state index in [9.17, 15) is 9.59 Å². The Bertz CT molecular complexity index is 877. The number of anilines is 2. The summed E-state index contributed by atoms with van der Waals surface area (Å²) in [5.41, 5.74) is 6.38. The Labute approximate surface area is 151 Å². The molecule has 0 saturated carbocycles. The number of hydrogen-bond acceptors (Lipinski definition) is 3. The van der Waals surface area contributed by atoms with E-state index < -0.39 is 0 Å². The number of carbonyl (C=O) groups excluding carboxylic acids is 2. The number of benzene rings is 2. The zero-order valence-electron chi connectivity index (χ0n) is 14.0. The van der Waals surface area contributed by atoms with Crippen LogP contribution < -0.4 is 15.8 Å². The Kier molecular flexibility index (Phi) is 4.76. The van der Waals surface area contributed by atoms with Gasteiger partial charge in [0.1, 0.15) is 5.70 Å². The molecule has 0 radical (unpaired) electrons. The normalized spacial score (nSPS) is 14.0. The van der Waals surface area contributed by atoms with Crippen LogP contribution in [0.1, 0.15) is 17.5 Å². The van der Waals surface area contributed by atoms with Crippen molar-refractivity contribution in [1.82, 2.24) is 5.43 Å². The second-order valence-corrected chi connectivity index (χ2v) is 6.28. The second kappa shape index (κ2) is 6.99. The number of rotatable bonds is 3. The van der Waals surface area contributed by atoms with E-state index in [4.69, 9.17) is 11.6 Å². The molecule has 2 aromatic carbocycles. The molecule has 25 heavy (non-hydrogen) atoms. The molecule has 2 N–H and O–H groups in total. The minimum atomic E-state index is -0.324. The van der Waals surface area contributed by atoms with Gasteiger partial charge in [-0.1, -0.05) is 29.8 Å². The van der Waals surface area contributed by atoms with Gasteiger partial charge in [0.05, 0.1) is 5.69 Å². The van der Waals surface area contributed by atoms with Gasteiger partial charge < -0.3 is 5.32 Å². The van der Waals surface area contributed by atoms with Crippen molar-refractivity contribution >= 4 is 34.8 Å². The van der Waals surface area contributed by atoms with Gasteiger partial charge in [0.2, 0.25) is 5.91 Å². The van der Waals surface area contributed by atoms with Gasteiger partial charge >= 0.3 is 0 Å². The number of nitrogens with one attached hydrogen (secondary N) is 2. The molecule has 0 fully saturated rings. The van der Waals surface area contributed by atoms with Gasteiger partial charge in [-0.2, -0.15) is 0 Å². The number of halogens is 1. The Morgan fingerprint density at radius 2 is 1.96 bits per heavy atom. The number of carbonyl (C=O) groups is 2. The summed E-state index contributed by atoms with van der Waals surface area (Å²) in [6.45, 7) is 3.78. The average molecular weight is 356 g/mol. The highest BCUT2D eigenvalue weighted by molar-refractivity contribution is 6.31. The van der Waals surface area contributed by atoms with Gasteiger partial charge in [0.15, 0.2) is 0 Å². The first-order valence-corrected chi connectivity index (χ1v) is 8.26. The average Bonchev–Trinajstić information content (AvgIpc) is 2.59. The molecule has 6 heteroatoms. The number of nitrogens with zero attached hydrogens (tertiary/aromatic N) is 1. The van der Waals surface area contributed by atoms with Crippen molar-refractivity contribution in [3.05, 3.63) is 70.4 Å². The van der Waals surface area contributed by atoms with Crippen LogP contribution in [0.2, 0.25) is 5.02 Å². The van der Waals surface area contributed by atoms with Crippen molar-refractivity contribution < 1.29 is 9.59 Å². The highest BCUT2D eigenvalue weighted by atomic mass is 35.5. The van der Waals surface area contributed by atoms with E-state index in [2.05, 4.69) is 10.7 Å². The molecule has 5 nitrogen and oxygen atoms in total. The van der Waals surface area contributed by atoms with Crippen LogP contribution in [0.25, 0.3) is 0 Å². The minimum absolute atomic E-state index is 0.124. The number of aryl methyl sites for hydroxylation is 1. The quantitative estimate of drug-likeness (QED) is 0.882. The maximum Gasteiger partial charge on any atom is 0.273 e. The first-order chi connectivity index (χ1) is 12.0. The third-order valence-electron chi connectivity index (χ3n) is 3.98. The molecule has 1 heterocycles. The summed E-state index contributed by atoms with van der Waals surface area (Å²) in [5, 5.41) is 4.81.